The van der Waals surface area contributed by atoms with Gasteiger partial charge < -0.3 is 9.72 Å². The van der Waals surface area contributed by atoms with Crippen LogP contribution in [0.25, 0.3) is 33.1 Å². The summed E-state index contributed by atoms with van der Waals surface area (Å²) in [4.78, 5) is 31.1. The number of fused-ring (bicyclic) bond motifs is 2. The molecule has 2 heterocycles. The van der Waals surface area contributed by atoms with Crippen molar-refractivity contribution in [2.24, 2.45) is 0 Å². The fourth-order valence-electron chi connectivity index (χ4n) is 3.03. The van der Waals surface area contributed by atoms with Crippen molar-refractivity contribution in [1.82, 2.24) is 20.2 Å². The summed E-state index contributed by atoms with van der Waals surface area (Å²) >= 11 is 0. The third-order valence-corrected chi connectivity index (χ3v) is 4.53. The average molecular weight is 379 g/mol. The number of nitrogens with zero attached hydrogens (tertiary/aromatic N) is 2. The number of hydrogen-bond donors (Lipinski definition) is 3. The van der Waals surface area contributed by atoms with Crippen molar-refractivity contribution in [2.45, 2.75) is 18.9 Å². The number of imidazole rings is 1. The van der Waals surface area contributed by atoms with Gasteiger partial charge in [0.25, 0.3) is 5.56 Å². The van der Waals surface area contributed by atoms with E-state index in [0.717, 1.165) is 12.8 Å². The standard InChI is InChI=1S/C19H14FN5O3/c20-10-2-5-12-13(8-10)16(24-25-17(12)26)9-1-6-14-15(7-9)22-18(21-14)23-19(27)28-11-3-4-11/h1-2,5-8,11H,3-4H2,(H,25,26)(H2,21,22,23,27). The van der Waals surface area contributed by atoms with E-state index >= 15 is 0 Å². The summed E-state index contributed by atoms with van der Waals surface area (Å²) in [5.74, 6) is -0.189. The van der Waals surface area contributed by atoms with Gasteiger partial charge in [0.15, 0.2) is 0 Å². The van der Waals surface area contributed by atoms with Crippen molar-refractivity contribution in [3.63, 3.8) is 0 Å². The number of benzene rings is 2. The Morgan fingerprint density at radius 3 is 2.86 bits per heavy atom. The molecular formula is C19H14FN5O3. The summed E-state index contributed by atoms with van der Waals surface area (Å²) in [6.45, 7) is 0. The molecule has 1 amide bonds. The van der Waals surface area contributed by atoms with Gasteiger partial charge in [-0.15, -0.1) is 0 Å². The lowest BCUT2D eigenvalue weighted by atomic mass is 10.0. The number of rotatable bonds is 3. The SMILES string of the molecule is O=C(Nc1nc2cc(-c3n[nH]c(=O)c4ccc(F)cc34)ccc2[nH]1)OC1CC1. The fraction of sp³-hybridized carbons (Fsp3) is 0.158. The van der Waals surface area contributed by atoms with Gasteiger partial charge in [-0.05, 0) is 43.2 Å². The normalized spacial score (nSPS) is 13.8. The van der Waals surface area contributed by atoms with Crippen LogP contribution >= 0.6 is 0 Å². The Balaban J connectivity index is 1.54. The molecule has 140 valence electrons. The van der Waals surface area contributed by atoms with Crippen molar-refractivity contribution in [3.05, 3.63) is 52.6 Å². The molecule has 2 aromatic carbocycles. The quantitative estimate of drug-likeness (QED) is 0.505. The maximum Gasteiger partial charge on any atom is 0.414 e. The molecule has 0 spiro atoms. The molecule has 0 unspecified atom stereocenters. The summed E-state index contributed by atoms with van der Waals surface area (Å²) in [6, 6.07) is 9.23. The van der Waals surface area contributed by atoms with Crippen LogP contribution in [0.5, 0.6) is 0 Å². The van der Waals surface area contributed by atoms with E-state index < -0.39 is 11.9 Å². The van der Waals surface area contributed by atoms with Gasteiger partial charge in [0.2, 0.25) is 5.95 Å². The molecule has 1 fully saturated rings. The number of carbonyl (C=O) groups excluding carboxylic acids is 1. The van der Waals surface area contributed by atoms with Crippen LogP contribution < -0.4 is 10.9 Å². The Bertz CT molecular complexity index is 1290. The second-order valence-electron chi connectivity index (χ2n) is 6.64. The fourth-order valence-corrected chi connectivity index (χ4v) is 3.03. The summed E-state index contributed by atoms with van der Waals surface area (Å²) in [6.07, 6.45) is 1.22. The van der Waals surface area contributed by atoms with Crippen molar-refractivity contribution in [1.29, 1.82) is 0 Å². The van der Waals surface area contributed by atoms with Crippen LogP contribution in [0.15, 0.2) is 41.2 Å². The largest absolute Gasteiger partial charge is 0.446 e. The van der Waals surface area contributed by atoms with E-state index in [4.69, 9.17) is 4.74 Å². The zero-order chi connectivity index (χ0) is 19.3. The van der Waals surface area contributed by atoms with Gasteiger partial charge in [0.05, 0.1) is 22.1 Å². The molecule has 0 radical (unpaired) electrons. The lowest BCUT2D eigenvalue weighted by Crippen LogP contribution is -2.15. The van der Waals surface area contributed by atoms with E-state index in [-0.39, 0.29) is 17.6 Å². The molecule has 1 saturated carbocycles. The molecule has 9 heteroatoms. The maximum atomic E-state index is 13.7. The summed E-state index contributed by atoms with van der Waals surface area (Å²) < 4.78 is 18.9. The highest BCUT2D eigenvalue weighted by molar-refractivity contribution is 5.96. The number of aromatic amines is 2. The topological polar surface area (TPSA) is 113 Å². The van der Waals surface area contributed by atoms with Crippen LogP contribution in [0.3, 0.4) is 0 Å². The lowest BCUT2D eigenvalue weighted by molar-refractivity contribution is 0.154. The highest BCUT2D eigenvalue weighted by atomic mass is 19.1. The van der Waals surface area contributed by atoms with Gasteiger partial charge in [-0.3, -0.25) is 10.1 Å². The molecule has 3 N–H and O–H groups in total. The molecule has 28 heavy (non-hydrogen) atoms. The van der Waals surface area contributed by atoms with Crippen LogP contribution in [0.2, 0.25) is 0 Å². The molecule has 5 rings (SSSR count). The molecule has 0 saturated heterocycles. The Labute approximate surface area is 156 Å². The van der Waals surface area contributed by atoms with Gasteiger partial charge in [-0.1, -0.05) is 6.07 Å². The zero-order valence-corrected chi connectivity index (χ0v) is 14.5. The second-order valence-corrected chi connectivity index (χ2v) is 6.64. The first-order valence-corrected chi connectivity index (χ1v) is 8.72. The molecule has 1 aliphatic carbocycles. The molecule has 8 nitrogen and oxygen atoms in total. The molecule has 0 aliphatic heterocycles. The van der Waals surface area contributed by atoms with Gasteiger partial charge in [0, 0.05) is 10.9 Å². The first kappa shape index (κ1) is 16.4. The summed E-state index contributed by atoms with van der Waals surface area (Å²) in [5, 5.41) is 9.84. The number of amides is 1. The van der Waals surface area contributed by atoms with Crippen LogP contribution in [0.4, 0.5) is 15.1 Å². The number of nitrogens with one attached hydrogen (secondary N) is 3. The minimum absolute atomic E-state index is 0.00373. The Morgan fingerprint density at radius 2 is 2.04 bits per heavy atom. The van der Waals surface area contributed by atoms with E-state index in [2.05, 4.69) is 25.5 Å². The number of aromatic nitrogens is 4. The van der Waals surface area contributed by atoms with Crippen molar-refractivity contribution >= 4 is 33.8 Å². The van der Waals surface area contributed by atoms with Gasteiger partial charge in [-0.2, -0.15) is 5.10 Å². The van der Waals surface area contributed by atoms with Crippen LogP contribution in [-0.2, 0) is 4.74 Å². The van der Waals surface area contributed by atoms with Crippen LogP contribution in [0, 0.1) is 5.82 Å². The monoisotopic (exact) mass is 379 g/mol. The van der Waals surface area contributed by atoms with E-state index in [1.54, 1.807) is 18.2 Å². The minimum Gasteiger partial charge on any atom is -0.446 e. The molecule has 1 aliphatic rings. The summed E-state index contributed by atoms with van der Waals surface area (Å²) in [7, 11) is 0. The van der Waals surface area contributed by atoms with E-state index in [0.29, 0.717) is 33.1 Å². The predicted octanol–water partition coefficient (Wildman–Crippen LogP) is 3.32. The van der Waals surface area contributed by atoms with Gasteiger partial charge >= 0.3 is 6.09 Å². The molecular weight excluding hydrogens is 365 g/mol. The number of halogens is 1. The summed E-state index contributed by atoms with van der Waals surface area (Å²) in [5.41, 5.74) is 1.97. The second kappa shape index (κ2) is 6.15. The number of anilines is 1. The first-order chi connectivity index (χ1) is 13.6. The highest BCUT2D eigenvalue weighted by Crippen LogP contribution is 2.28. The smallest absolute Gasteiger partial charge is 0.414 e. The van der Waals surface area contributed by atoms with Crippen molar-refractivity contribution < 1.29 is 13.9 Å². The van der Waals surface area contributed by atoms with Gasteiger partial charge in [-0.25, -0.2) is 19.3 Å². The molecule has 0 atom stereocenters. The molecule has 0 bridgehead atoms. The Kier molecular flexibility index (Phi) is 3.61. The first-order valence-electron chi connectivity index (χ1n) is 8.72. The lowest BCUT2D eigenvalue weighted by Gasteiger charge is -2.05. The third-order valence-electron chi connectivity index (χ3n) is 4.53. The third kappa shape index (κ3) is 2.96. The highest BCUT2D eigenvalue weighted by Gasteiger charge is 2.26. The average Bonchev–Trinajstić information content (AvgIpc) is 3.38. The molecule has 2 aromatic heterocycles. The van der Waals surface area contributed by atoms with Crippen LogP contribution in [-0.4, -0.2) is 32.4 Å². The number of H-pyrrole nitrogens is 2. The Hall–Kier alpha value is -3.75. The molecule has 4 aromatic rings. The number of ether oxygens (including phenoxy) is 1. The predicted molar refractivity (Wildman–Crippen MR) is 101 cm³/mol. The maximum absolute atomic E-state index is 13.7. The van der Waals surface area contributed by atoms with Gasteiger partial charge in [0.1, 0.15) is 11.9 Å². The zero-order valence-electron chi connectivity index (χ0n) is 14.5. The number of carbonyl (C=O) groups is 1. The minimum atomic E-state index is -0.550. The number of hydrogen-bond acceptors (Lipinski definition) is 5. The van der Waals surface area contributed by atoms with Crippen molar-refractivity contribution in [3.8, 4) is 11.3 Å². The van der Waals surface area contributed by atoms with E-state index in [9.17, 15) is 14.0 Å². The van der Waals surface area contributed by atoms with E-state index in [1.165, 1.54) is 18.2 Å². The Morgan fingerprint density at radius 1 is 1.18 bits per heavy atom. The van der Waals surface area contributed by atoms with E-state index in [1.807, 2.05) is 0 Å². The van der Waals surface area contributed by atoms with Crippen LogP contribution in [0.1, 0.15) is 12.8 Å². The van der Waals surface area contributed by atoms with Crippen molar-refractivity contribution in [2.75, 3.05) is 5.32 Å².